The number of halogens is 3. The lowest BCUT2D eigenvalue weighted by Crippen LogP contribution is -2.55. The summed E-state index contributed by atoms with van der Waals surface area (Å²) in [5.41, 5.74) is -1.56. The Morgan fingerprint density at radius 1 is 1.44 bits per heavy atom. The van der Waals surface area contributed by atoms with E-state index in [1.54, 1.807) is 20.8 Å². The van der Waals surface area contributed by atoms with Crippen LogP contribution in [0.5, 0.6) is 0 Å². The second kappa shape index (κ2) is 3.88. The van der Waals surface area contributed by atoms with Crippen molar-refractivity contribution in [3.63, 3.8) is 0 Å². The number of alkyl carbamates (subject to hydrolysis) is 1. The van der Waals surface area contributed by atoms with Crippen LogP contribution < -0.4 is 10.6 Å². The van der Waals surface area contributed by atoms with Crippen LogP contribution in [0.2, 0.25) is 0 Å². The first-order chi connectivity index (χ1) is 7.09. The number of hydrogen-bond acceptors (Lipinski definition) is 3. The number of nitrogens with one attached hydrogen (secondary N) is 2. The molecule has 2 N–H and O–H groups in total. The molecule has 92 valence electrons. The van der Waals surface area contributed by atoms with E-state index in [1.807, 2.05) is 0 Å². The van der Waals surface area contributed by atoms with E-state index >= 15 is 0 Å². The Morgan fingerprint density at radius 3 is 2.31 bits per heavy atom. The van der Waals surface area contributed by atoms with Gasteiger partial charge in [-0.2, -0.15) is 13.2 Å². The zero-order valence-electron chi connectivity index (χ0n) is 9.11. The molecule has 0 aromatic rings. The van der Waals surface area contributed by atoms with Crippen LogP contribution in [-0.4, -0.2) is 24.0 Å². The molecule has 0 radical (unpaired) electrons. The maximum Gasteiger partial charge on any atom is 0.417 e. The predicted molar refractivity (Wildman–Crippen MR) is 50.4 cm³/mol. The van der Waals surface area contributed by atoms with E-state index in [4.69, 9.17) is 4.74 Å². The monoisotopic (exact) mass is 238 g/mol. The fraction of sp³-hybridized carbons (Fsp3) is 0.667. The Balaban J connectivity index is 2.47. The van der Waals surface area contributed by atoms with Gasteiger partial charge in [-0.05, 0) is 20.8 Å². The van der Waals surface area contributed by atoms with Crippen LogP contribution in [0.4, 0.5) is 18.0 Å². The molecule has 0 aromatic carbocycles. The zero-order valence-corrected chi connectivity index (χ0v) is 9.11. The van der Waals surface area contributed by atoms with Crippen LogP contribution >= 0.6 is 0 Å². The fourth-order valence-corrected chi connectivity index (χ4v) is 1.04. The standard InChI is InChI=1S/C9H13F3N2O2/c1-8(2,3)16-7(15)14-6-5(4-13-6)9(10,11)12/h4,6,13H,1-3H3,(H,14,15)/t6-/m0/s1. The van der Waals surface area contributed by atoms with Gasteiger partial charge in [-0.3, -0.25) is 5.32 Å². The van der Waals surface area contributed by atoms with Gasteiger partial charge in [0.2, 0.25) is 0 Å². The molecule has 1 rings (SSSR count). The van der Waals surface area contributed by atoms with Gasteiger partial charge in [0, 0.05) is 6.20 Å². The van der Waals surface area contributed by atoms with Crippen LogP contribution in [0.15, 0.2) is 11.8 Å². The predicted octanol–water partition coefficient (Wildman–Crippen LogP) is 1.89. The first kappa shape index (κ1) is 12.7. The third kappa shape index (κ3) is 3.32. The van der Waals surface area contributed by atoms with E-state index in [1.165, 1.54) is 0 Å². The summed E-state index contributed by atoms with van der Waals surface area (Å²) in [5.74, 6) is 0. The smallest absolute Gasteiger partial charge is 0.417 e. The van der Waals surface area contributed by atoms with Crippen molar-refractivity contribution in [3.8, 4) is 0 Å². The van der Waals surface area contributed by atoms with Crippen molar-refractivity contribution < 1.29 is 22.7 Å². The zero-order chi connectivity index (χ0) is 12.6. The van der Waals surface area contributed by atoms with Crippen LogP contribution in [0, 0.1) is 0 Å². The first-order valence-corrected chi connectivity index (χ1v) is 4.62. The van der Waals surface area contributed by atoms with E-state index < -0.39 is 29.6 Å². The highest BCUT2D eigenvalue weighted by atomic mass is 19.4. The van der Waals surface area contributed by atoms with Gasteiger partial charge in [0.1, 0.15) is 11.8 Å². The fourth-order valence-electron chi connectivity index (χ4n) is 1.04. The van der Waals surface area contributed by atoms with Crippen LogP contribution in [0.3, 0.4) is 0 Å². The maximum atomic E-state index is 12.2. The quantitative estimate of drug-likeness (QED) is 0.733. The van der Waals surface area contributed by atoms with Crippen molar-refractivity contribution in [3.05, 3.63) is 11.8 Å². The van der Waals surface area contributed by atoms with Gasteiger partial charge in [0.15, 0.2) is 0 Å². The molecule has 0 saturated carbocycles. The maximum absolute atomic E-state index is 12.2. The lowest BCUT2D eigenvalue weighted by molar-refractivity contribution is -0.102. The Labute approximate surface area is 90.8 Å². The molecular weight excluding hydrogens is 225 g/mol. The molecule has 1 heterocycles. The van der Waals surface area contributed by atoms with Gasteiger partial charge >= 0.3 is 12.3 Å². The van der Waals surface area contributed by atoms with Crippen molar-refractivity contribution in [1.82, 2.24) is 10.6 Å². The molecule has 1 atom stereocenters. The third-order valence-corrected chi connectivity index (χ3v) is 1.70. The summed E-state index contributed by atoms with van der Waals surface area (Å²) in [7, 11) is 0. The molecular formula is C9H13F3N2O2. The molecule has 0 saturated heterocycles. The van der Waals surface area contributed by atoms with Gasteiger partial charge in [0.05, 0.1) is 5.57 Å². The van der Waals surface area contributed by atoms with Gasteiger partial charge in [-0.1, -0.05) is 0 Å². The number of carbonyl (C=O) groups is 1. The highest BCUT2D eigenvalue weighted by Crippen LogP contribution is 2.30. The lowest BCUT2D eigenvalue weighted by Gasteiger charge is -2.31. The van der Waals surface area contributed by atoms with E-state index in [0.717, 1.165) is 6.20 Å². The summed E-state index contributed by atoms with van der Waals surface area (Å²) in [4.78, 5) is 11.2. The summed E-state index contributed by atoms with van der Waals surface area (Å²) < 4.78 is 41.5. The summed E-state index contributed by atoms with van der Waals surface area (Å²) in [6.45, 7) is 4.88. The van der Waals surface area contributed by atoms with Crippen LogP contribution in [0.1, 0.15) is 20.8 Å². The number of alkyl halides is 3. The third-order valence-electron chi connectivity index (χ3n) is 1.70. The molecule has 7 heteroatoms. The summed E-state index contributed by atoms with van der Waals surface area (Å²) in [5, 5.41) is 4.39. The number of rotatable bonds is 1. The number of carbonyl (C=O) groups excluding carboxylic acids is 1. The van der Waals surface area contributed by atoms with E-state index in [-0.39, 0.29) is 0 Å². The lowest BCUT2D eigenvalue weighted by atomic mass is 10.1. The van der Waals surface area contributed by atoms with Crippen LogP contribution in [-0.2, 0) is 4.74 Å². The van der Waals surface area contributed by atoms with Gasteiger partial charge in [0.25, 0.3) is 0 Å². The van der Waals surface area contributed by atoms with E-state index in [0.29, 0.717) is 0 Å². The highest BCUT2D eigenvalue weighted by molar-refractivity contribution is 5.69. The molecule has 0 spiro atoms. The van der Waals surface area contributed by atoms with Gasteiger partial charge < -0.3 is 10.1 Å². The summed E-state index contributed by atoms with van der Waals surface area (Å²) >= 11 is 0. The number of ether oxygens (including phenoxy) is 1. The molecule has 1 amide bonds. The molecule has 0 aliphatic carbocycles. The Hall–Kier alpha value is -1.40. The SMILES string of the molecule is CC(C)(C)OC(=O)N[C@@H]1NC=C1C(F)(F)F. The Morgan fingerprint density at radius 2 is 2.00 bits per heavy atom. The largest absolute Gasteiger partial charge is 0.444 e. The number of hydrogen-bond donors (Lipinski definition) is 2. The van der Waals surface area contributed by atoms with Crippen molar-refractivity contribution in [1.29, 1.82) is 0 Å². The van der Waals surface area contributed by atoms with Gasteiger partial charge in [-0.15, -0.1) is 0 Å². The molecule has 4 nitrogen and oxygen atoms in total. The Kier molecular flexibility index (Phi) is 3.07. The van der Waals surface area contributed by atoms with Crippen molar-refractivity contribution in [2.45, 2.75) is 38.7 Å². The second-order valence-corrected chi connectivity index (χ2v) is 4.34. The minimum absolute atomic E-state index is 0.740. The van der Waals surface area contributed by atoms with Crippen molar-refractivity contribution in [2.24, 2.45) is 0 Å². The molecule has 1 aliphatic heterocycles. The average molecular weight is 238 g/mol. The summed E-state index contributed by atoms with van der Waals surface area (Å²) in [6.07, 6.45) is -5.75. The minimum Gasteiger partial charge on any atom is -0.444 e. The topological polar surface area (TPSA) is 50.4 Å². The minimum atomic E-state index is -4.44. The van der Waals surface area contributed by atoms with Crippen LogP contribution in [0.25, 0.3) is 0 Å². The molecule has 1 aliphatic rings. The second-order valence-electron chi connectivity index (χ2n) is 4.34. The average Bonchev–Trinajstić information content (AvgIpc) is 1.90. The molecule has 0 bridgehead atoms. The molecule has 0 fully saturated rings. The van der Waals surface area contributed by atoms with Crippen molar-refractivity contribution >= 4 is 6.09 Å². The molecule has 0 aromatic heterocycles. The first-order valence-electron chi connectivity index (χ1n) is 4.62. The highest BCUT2D eigenvalue weighted by Gasteiger charge is 2.43. The normalized spacial score (nSPS) is 20.4. The molecule has 0 unspecified atom stereocenters. The summed E-state index contributed by atoms with van der Waals surface area (Å²) in [6, 6.07) is 0. The van der Waals surface area contributed by atoms with Gasteiger partial charge in [-0.25, -0.2) is 4.79 Å². The molecule has 16 heavy (non-hydrogen) atoms. The van der Waals surface area contributed by atoms with E-state index in [9.17, 15) is 18.0 Å². The Bertz CT molecular complexity index is 318. The van der Waals surface area contributed by atoms with E-state index in [2.05, 4.69) is 10.6 Å². The number of amides is 1. The van der Waals surface area contributed by atoms with Crippen molar-refractivity contribution in [2.75, 3.05) is 0 Å².